The van der Waals surface area contributed by atoms with Gasteiger partial charge in [-0.1, -0.05) is 23.9 Å². The molecule has 0 fully saturated rings. The molecule has 0 radical (unpaired) electrons. The Hall–Kier alpha value is -2.39. The minimum atomic E-state index is -1.40. The highest BCUT2D eigenvalue weighted by atomic mass is 32.2. The number of halogens is 1. The first-order chi connectivity index (χ1) is 12.6. The summed E-state index contributed by atoms with van der Waals surface area (Å²) in [6.07, 6.45) is 0. The van der Waals surface area contributed by atoms with Crippen LogP contribution in [0.4, 0.5) is 9.39 Å². The molecule has 0 spiro atoms. The fraction of sp³-hybridized carbons (Fsp3) is 0.278. The summed E-state index contributed by atoms with van der Waals surface area (Å²) in [7, 11) is 0. The first-order valence-corrected chi connectivity index (χ1v) is 9.53. The van der Waals surface area contributed by atoms with Crippen molar-refractivity contribution >= 4 is 45.9 Å². The number of ether oxygens (including phenoxy) is 1. The third-order valence-corrected chi connectivity index (χ3v) is 5.62. The molecule has 144 valence electrons. The van der Waals surface area contributed by atoms with Crippen LogP contribution >= 0.6 is 23.1 Å². The Labute approximate surface area is 164 Å². The average Bonchev–Trinajstić information content (AvgIpc) is 2.97. The van der Waals surface area contributed by atoms with Crippen LogP contribution < -0.4 is 11.1 Å². The highest BCUT2D eigenvalue weighted by Gasteiger charge is 2.32. The number of thiophene rings is 1. The molecule has 1 heterocycles. The van der Waals surface area contributed by atoms with Crippen LogP contribution in [0.3, 0.4) is 0 Å². The van der Waals surface area contributed by atoms with Crippen molar-refractivity contribution in [3.8, 4) is 0 Å². The number of benzene rings is 1. The Bertz CT molecular complexity index is 863. The van der Waals surface area contributed by atoms with Gasteiger partial charge in [-0.15, -0.1) is 11.3 Å². The number of esters is 1. The highest BCUT2D eigenvalue weighted by Crippen LogP contribution is 2.39. The number of nitrogens with one attached hydrogen (secondary N) is 1. The molecule has 1 aromatic carbocycles. The van der Waals surface area contributed by atoms with Crippen molar-refractivity contribution < 1.29 is 23.5 Å². The number of amides is 2. The molecule has 2 aromatic rings. The van der Waals surface area contributed by atoms with E-state index in [4.69, 9.17) is 10.5 Å². The van der Waals surface area contributed by atoms with Crippen molar-refractivity contribution in [1.82, 2.24) is 0 Å². The summed E-state index contributed by atoms with van der Waals surface area (Å²) in [4.78, 5) is 36.1. The van der Waals surface area contributed by atoms with Crippen LogP contribution in [0, 0.1) is 0 Å². The molecule has 6 nitrogen and oxygen atoms in total. The summed E-state index contributed by atoms with van der Waals surface area (Å²) in [6.45, 7) is 3.56. The number of rotatable bonds is 7. The topological polar surface area (TPSA) is 98.5 Å². The maximum atomic E-state index is 12.6. The van der Waals surface area contributed by atoms with Crippen LogP contribution in [-0.4, -0.2) is 23.4 Å². The van der Waals surface area contributed by atoms with Gasteiger partial charge in [0.1, 0.15) is 11.7 Å². The van der Waals surface area contributed by atoms with Crippen molar-refractivity contribution in [2.24, 2.45) is 5.73 Å². The van der Waals surface area contributed by atoms with Gasteiger partial charge in [0.2, 0.25) is 0 Å². The number of anilines is 1. The first-order valence-electron chi connectivity index (χ1n) is 7.90. The minimum Gasteiger partial charge on any atom is -0.450 e. The third-order valence-electron chi connectivity index (χ3n) is 3.44. The van der Waals surface area contributed by atoms with Gasteiger partial charge in [-0.3, -0.25) is 14.4 Å². The molecule has 2 rings (SSSR count). The minimum absolute atomic E-state index is 0.162. The smallest absolute Gasteiger partial charge is 0.303 e. The largest absolute Gasteiger partial charge is 0.450 e. The Balaban J connectivity index is 2.22. The van der Waals surface area contributed by atoms with Crippen LogP contribution in [0.5, 0.6) is 0 Å². The Morgan fingerprint density at radius 2 is 1.89 bits per heavy atom. The molecule has 0 bridgehead atoms. The summed E-state index contributed by atoms with van der Waals surface area (Å²) < 4.78 is 18.3. The first kappa shape index (κ1) is 20.9. The zero-order valence-electron chi connectivity index (χ0n) is 15.0. The van der Waals surface area contributed by atoms with E-state index in [0.29, 0.717) is 5.56 Å². The fourth-order valence-electron chi connectivity index (χ4n) is 2.12. The molecule has 0 saturated heterocycles. The van der Waals surface area contributed by atoms with Crippen molar-refractivity contribution in [3.05, 3.63) is 41.5 Å². The molecule has 27 heavy (non-hydrogen) atoms. The third kappa shape index (κ3) is 5.54. The van der Waals surface area contributed by atoms with E-state index in [1.54, 1.807) is 30.3 Å². The van der Waals surface area contributed by atoms with E-state index < -0.39 is 30.1 Å². The van der Waals surface area contributed by atoms with E-state index >= 15 is 0 Å². The van der Waals surface area contributed by atoms with E-state index in [2.05, 4.69) is 5.32 Å². The molecule has 9 heteroatoms. The number of primary amides is 1. The predicted octanol–water partition coefficient (Wildman–Crippen LogP) is 3.75. The molecule has 2 amide bonds. The lowest BCUT2D eigenvalue weighted by atomic mass is 10.1. The summed E-state index contributed by atoms with van der Waals surface area (Å²) >= 11 is 2.53. The molecule has 0 saturated carbocycles. The number of carbonyl (C=O) groups is 3. The van der Waals surface area contributed by atoms with Crippen LogP contribution in [0.25, 0.3) is 0 Å². The van der Waals surface area contributed by atoms with E-state index in [1.165, 1.54) is 43.9 Å². The van der Waals surface area contributed by atoms with Gasteiger partial charge in [-0.25, -0.2) is 4.39 Å². The zero-order chi connectivity index (χ0) is 20.2. The summed E-state index contributed by atoms with van der Waals surface area (Å²) in [6, 6.07) is 8.47. The second-order valence-electron chi connectivity index (χ2n) is 6.11. The fourth-order valence-corrected chi connectivity index (χ4v) is 4.29. The number of nitrogens with two attached hydrogens (primary N) is 1. The average molecular weight is 410 g/mol. The Morgan fingerprint density at radius 1 is 1.26 bits per heavy atom. The van der Waals surface area contributed by atoms with Gasteiger partial charge in [0.05, 0.1) is 9.77 Å². The lowest BCUT2D eigenvalue weighted by Gasteiger charge is -2.22. The van der Waals surface area contributed by atoms with Gasteiger partial charge < -0.3 is 15.8 Å². The summed E-state index contributed by atoms with van der Waals surface area (Å²) in [5.41, 5.74) is 4.74. The quantitative estimate of drug-likeness (QED) is 0.678. The predicted molar refractivity (Wildman–Crippen MR) is 103 cm³/mol. The van der Waals surface area contributed by atoms with Crippen molar-refractivity contribution in [2.45, 2.75) is 42.2 Å². The van der Waals surface area contributed by atoms with Gasteiger partial charge in [0.15, 0.2) is 5.60 Å². The molecule has 0 aliphatic rings. The number of alkyl halides is 1. The van der Waals surface area contributed by atoms with Crippen molar-refractivity contribution in [1.29, 1.82) is 0 Å². The molecular weight excluding hydrogens is 391 g/mol. The standard InChI is InChI=1S/C18H19FN2O4S2/c1-10(22)25-18(2,3)17(24)21-16-13(15(20)23)8-14(27-16)26-12-6-4-11(9-19)5-7-12/h4-8H,9H2,1-3H3,(H2,20,23)(H,21,24). The SMILES string of the molecule is CC(=O)OC(C)(C)C(=O)Nc1sc(Sc2ccc(CF)cc2)cc1C(N)=O. The Kier molecular flexibility index (Phi) is 6.61. The van der Waals surface area contributed by atoms with Crippen molar-refractivity contribution in [2.75, 3.05) is 5.32 Å². The van der Waals surface area contributed by atoms with Crippen LogP contribution in [0.1, 0.15) is 36.7 Å². The second kappa shape index (κ2) is 8.53. The maximum absolute atomic E-state index is 12.6. The lowest BCUT2D eigenvalue weighted by Crippen LogP contribution is -2.41. The molecule has 3 N–H and O–H groups in total. The van der Waals surface area contributed by atoms with Gasteiger partial charge in [0.25, 0.3) is 11.8 Å². The van der Waals surface area contributed by atoms with Gasteiger partial charge in [-0.05, 0) is 37.6 Å². The van der Waals surface area contributed by atoms with Crippen LogP contribution in [0.15, 0.2) is 39.4 Å². The second-order valence-corrected chi connectivity index (χ2v) is 8.54. The van der Waals surface area contributed by atoms with Gasteiger partial charge in [-0.2, -0.15) is 0 Å². The number of hydrogen-bond acceptors (Lipinski definition) is 6. The van der Waals surface area contributed by atoms with Gasteiger partial charge >= 0.3 is 5.97 Å². The van der Waals surface area contributed by atoms with Crippen LogP contribution in [0.2, 0.25) is 0 Å². The molecular formula is C18H19FN2O4S2. The molecule has 0 atom stereocenters. The lowest BCUT2D eigenvalue weighted by molar-refractivity contribution is -0.160. The molecule has 1 aromatic heterocycles. The van der Waals surface area contributed by atoms with E-state index in [0.717, 1.165) is 9.10 Å². The van der Waals surface area contributed by atoms with E-state index in [1.807, 2.05) is 0 Å². The van der Waals surface area contributed by atoms with Crippen LogP contribution in [-0.2, 0) is 21.0 Å². The summed E-state index contributed by atoms with van der Waals surface area (Å²) in [5, 5.41) is 2.87. The summed E-state index contributed by atoms with van der Waals surface area (Å²) in [5.74, 6) is -1.86. The molecule has 0 aliphatic carbocycles. The van der Waals surface area contributed by atoms with E-state index in [-0.39, 0.29) is 10.6 Å². The van der Waals surface area contributed by atoms with E-state index in [9.17, 15) is 18.8 Å². The molecule has 0 unspecified atom stereocenters. The number of carbonyl (C=O) groups excluding carboxylic acids is 3. The van der Waals surface area contributed by atoms with Crippen molar-refractivity contribution in [3.63, 3.8) is 0 Å². The maximum Gasteiger partial charge on any atom is 0.303 e. The van der Waals surface area contributed by atoms with Gasteiger partial charge in [0, 0.05) is 11.8 Å². The molecule has 0 aliphatic heterocycles. The monoisotopic (exact) mass is 410 g/mol. The Morgan fingerprint density at radius 3 is 2.41 bits per heavy atom. The normalized spacial score (nSPS) is 11.1. The number of hydrogen-bond donors (Lipinski definition) is 2. The highest BCUT2D eigenvalue weighted by molar-refractivity contribution is 8.01. The zero-order valence-corrected chi connectivity index (χ0v) is 16.6.